The van der Waals surface area contributed by atoms with Gasteiger partial charge in [0.15, 0.2) is 0 Å². The quantitative estimate of drug-likeness (QED) is 0.121. The van der Waals surface area contributed by atoms with Gasteiger partial charge in [0.25, 0.3) is 0 Å². The Bertz CT molecular complexity index is 1980. The van der Waals surface area contributed by atoms with Gasteiger partial charge >= 0.3 is 12.1 Å². The van der Waals surface area contributed by atoms with Crippen LogP contribution in [0.2, 0.25) is 5.28 Å². The van der Waals surface area contributed by atoms with Crippen molar-refractivity contribution in [3.63, 3.8) is 0 Å². The molecule has 0 aliphatic carbocycles. The van der Waals surface area contributed by atoms with Gasteiger partial charge in [-0.2, -0.15) is 0 Å². The minimum atomic E-state index is -0.881. The first-order valence-corrected chi connectivity index (χ1v) is 19.2. The van der Waals surface area contributed by atoms with E-state index in [4.69, 9.17) is 25.8 Å². The van der Waals surface area contributed by atoms with Crippen molar-refractivity contribution in [1.82, 2.24) is 19.8 Å². The summed E-state index contributed by atoms with van der Waals surface area (Å²) in [5, 5.41) is 13.7. The third-order valence-electron chi connectivity index (χ3n) is 8.36. The molecule has 14 heteroatoms. The molecule has 7 rings (SSSR count). The third-order valence-corrected chi connectivity index (χ3v) is 11.1. The molecule has 264 valence electrons. The van der Waals surface area contributed by atoms with Crippen LogP contribution < -0.4 is 9.47 Å². The highest BCUT2D eigenvalue weighted by molar-refractivity contribution is 9.10. The number of ether oxygens (including phenoxy) is 3. The number of esters is 1. The maximum Gasteiger partial charge on any atom is 0.407 e. The molecule has 0 bridgehead atoms. The second-order valence-corrected chi connectivity index (χ2v) is 16.4. The van der Waals surface area contributed by atoms with E-state index in [1.807, 2.05) is 57.2 Å². The van der Waals surface area contributed by atoms with Crippen LogP contribution in [0.4, 0.5) is 4.79 Å². The highest BCUT2D eigenvalue weighted by Crippen LogP contribution is 2.37. The zero-order valence-electron chi connectivity index (χ0n) is 27.9. The Morgan fingerprint density at radius 1 is 1.00 bits per heavy atom. The molecule has 2 aliphatic rings. The summed E-state index contributed by atoms with van der Waals surface area (Å²) < 4.78 is 20.4. The number of aromatic nitrogens is 2. The maximum absolute atomic E-state index is 12.3. The van der Waals surface area contributed by atoms with Gasteiger partial charge in [-0.15, -0.1) is 22.7 Å². The molecule has 2 atom stereocenters. The highest BCUT2D eigenvalue weighted by Gasteiger charge is 2.34. The molecule has 2 aliphatic heterocycles. The molecular weight excluding hydrogens is 764 g/mol. The summed E-state index contributed by atoms with van der Waals surface area (Å²) >= 11 is 12.7. The van der Waals surface area contributed by atoms with Crippen molar-refractivity contribution in [2.75, 3.05) is 26.4 Å². The lowest BCUT2D eigenvalue weighted by molar-refractivity contribution is -0.161. The van der Waals surface area contributed by atoms with Crippen molar-refractivity contribution in [3.8, 4) is 22.1 Å². The number of carbonyl (C=O) groups excluding carboxylic acids is 1. The summed E-state index contributed by atoms with van der Waals surface area (Å²) in [7, 11) is 0. The molecule has 50 heavy (non-hydrogen) atoms. The molecule has 2 fully saturated rings. The van der Waals surface area contributed by atoms with Crippen molar-refractivity contribution >= 4 is 82.4 Å². The van der Waals surface area contributed by atoms with Crippen LogP contribution in [-0.4, -0.2) is 81.0 Å². The molecule has 0 radical (unpaired) electrons. The predicted octanol–water partition coefficient (Wildman–Crippen LogP) is 9.34. The van der Waals surface area contributed by atoms with Gasteiger partial charge in [-0.05, 0) is 139 Å². The lowest BCUT2D eigenvalue weighted by Crippen LogP contribution is -2.42. The second kappa shape index (κ2) is 15.8. The van der Waals surface area contributed by atoms with Gasteiger partial charge in [-0.25, -0.2) is 14.8 Å². The predicted molar refractivity (Wildman–Crippen MR) is 202 cm³/mol. The number of fused-ring (bicyclic) bond motifs is 2. The lowest BCUT2D eigenvalue weighted by atomic mass is 10.1. The summed E-state index contributed by atoms with van der Waals surface area (Å²) in [6, 6.07) is 15.8. The van der Waals surface area contributed by atoms with E-state index < -0.39 is 11.7 Å². The van der Waals surface area contributed by atoms with E-state index in [0.717, 1.165) is 68.9 Å². The minimum absolute atomic E-state index is 0.0876. The Morgan fingerprint density at radius 3 is 2.52 bits per heavy atom. The molecule has 5 heterocycles. The monoisotopic (exact) mass is 800 g/mol. The standard InChI is InChI=1S/C18H15BrClN3O3S.C18H23NO3S/c19-13-8-21-17(20)22-16(13)15-7-10-6-12(3-4-14(10)27-15)26-9-11-2-1-5-23(11)18(24)25;1-18(2,3)22-17(20)15-5-4-9-19(15)12-21-14-6-7-16-13(11-14)8-10-23-16/h3-4,6-8,11H,1-2,5,9H2,(H,24,25);6-8,10-11,15H,4-5,9,12H2,1-3H3. The summed E-state index contributed by atoms with van der Waals surface area (Å²) in [6.07, 6.45) is 4.30. The lowest BCUT2D eigenvalue weighted by Gasteiger charge is -2.27. The van der Waals surface area contributed by atoms with Crippen LogP contribution >= 0.6 is 50.2 Å². The summed E-state index contributed by atoms with van der Waals surface area (Å²) in [4.78, 5) is 36.3. The van der Waals surface area contributed by atoms with E-state index in [1.54, 1.807) is 28.9 Å². The molecule has 1 N–H and O–H groups in total. The Labute approximate surface area is 312 Å². The molecule has 0 saturated carbocycles. The van der Waals surface area contributed by atoms with Crippen molar-refractivity contribution in [2.24, 2.45) is 0 Å². The number of benzene rings is 2. The Hall–Kier alpha value is -3.49. The van der Waals surface area contributed by atoms with Crippen LogP contribution in [0.1, 0.15) is 46.5 Å². The highest BCUT2D eigenvalue weighted by atomic mass is 79.9. The van der Waals surface area contributed by atoms with E-state index in [0.29, 0.717) is 19.9 Å². The molecule has 3 aromatic heterocycles. The van der Waals surface area contributed by atoms with E-state index >= 15 is 0 Å². The average Bonchev–Trinajstić information content (AvgIpc) is 3.89. The number of rotatable bonds is 8. The summed E-state index contributed by atoms with van der Waals surface area (Å²) in [5.74, 6) is 1.42. The van der Waals surface area contributed by atoms with Crippen LogP contribution in [-0.2, 0) is 9.53 Å². The fraction of sp³-hybridized carbons (Fsp3) is 0.389. The van der Waals surface area contributed by atoms with Crippen molar-refractivity contribution < 1.29 is 28.9 Å². The van der Waals surface area contributed by atoms with Gasteiger partial charge in [-0.3, -0.25) is 9.69 Å². The van der Waals surface area contributed by atoms with E-state index in [9.17, 15) is 14.7 Å². The topological polar surface area (TPSA) is 114 Å². The molecular formula is C36H38BrClN4O6S2. The molecule has 10 nitrogen and oxygen atoms in total. The number of hydrogen-bond donors (Lipinski definition) is 1. The van der Waals surface area contributed by atoms with Crippen molar-refractivity contribution in [2.45, 2.75) is 64.1 Å². The number of likely N-dealkylation sites (tertiary alicyclic amines) is 2. The summed E-state index contributed by atoms with van der Waals surface area (Å²) in [6.45, 7) is 7.92. The van der Waals surface area contributed by atoms with Gasteiger partial charge < -0.3 is 24.2 Å². The average molecular weight is 802 g/mol. The van der Waals surface area contributed by atoms with Crippen molar-refractivity contribution in [3.05, 3.63) is 69.9 Å². The molecule has 5 aromatic rings. The molecule has 2 unspecified atom stereocenters. The molecule has 0 spiro atoms. The first-order chi connectivity index (χ1) is 23.9. The van der Waals surface area contributed by atoms with Gasteiger partial charge in [0.2, 0.25) is 5.28 Å². The Kier molecular flexibility index (Phi) is 11.5. The number of hydrogen-bond acceptors (Lipinski definition) is 10. The van der Waals surface area contributed by atoms with Crippen molar-refractivity contribution in [1.29, 1.82) is 0 Å². The molecule has 2 aromatic carbocycles. The third kappa shape index (κ3) is 9.05. The fourth-order valence-corrected chi connectivity index (χ4v) is 8.50. The van der Waals surface area contributed by atoms with Crippen LogP contribution in [0, 0.1) is 0 Å². The number of nitrogens with zero attached hydrogens (tertiary/aromatic N) is 4. The minimum Gasteiger partial charge on any atom is -0.491 e. The Morgan fingerprint density at radius 2 is 1.74 bits per heavy atom. The fourth-order valence-electron chi connectivity index (χ4n) is 6.01. The Balaban J connectivity index is 0.000000175. The number of thiophene rings is 2. The van der Waals surface area contributed by atoms with Gasteiger partial charge in [0.05, 0.1) is 21.1 Å². The zero-order valence-corrected chi connectivity index (χ0v) is 31.9. The zero-order chi connectivity index (χ0) is 35.4. The van der Waals surface area contributed by atoms with Crippen LogP contribution in [0.3, 0.4) is 0 Å². The van der Waals surface area contributed by atoms with Gasteiger partial charge in [-0.1, -0.05) is 0 Å². The van der Waals surface area contributed by atoms with E-state index in [-0.39, 0.29) is 23.3 Å². The number of halogens is 2. The van der Waals surface area contributed by atoms with Crippen LogP contribution in [0.25, 0.3) is 30.7 Å². The van der Waals surface area contributed by atoms with Gasteiger partial charge in [0, 0.05) is 28.7 Å². The first-order valence-electron chi connectivity index (χ1n) is 16.3. The van der Waals surface area contributed by atoms with Crippen LogP contribution in [0.15, 0.2) is 64.6 Å². The smallest absolute Gasteiger partial charge is 0.407 e. The largest absolute Gasteiger partial charge is 0.491 e. The molecule has 1 amide bonds. The summed E-state index contributed by atoms with van der Waals surface area (Å²) in [5.41, 5.74) is 0.303. The SMILES string of the molecule is CC(C)(C)OC(=O)C1CCCN1COc1ccc2sccc2c1.O=C(O)N1CCCC1COc1ccc2sc(-c3nc(Cl)ncc3Br)cc2c1. The first kappa shape index (κ1) is 36.3. The number of carboxylic acid groups (broad SMARTS) is 1. The number of carbonyl (C=O) groups is 2. The number of amides is 1. The van der Waals surface area contributed by atoms with E-state index in [2.05, 4.69) is 48.3 Å². The normalized spacial score (nSPS) is 17.9. The van der Waals surface area contributed by atoms with Gasteiger partial charge in [0.1, 0.15) is 36.5 Å². The maximum atomic E-state index is 12.3. The van der Waals surface area contributed by atoms with Crippen LogP contribution in [0.5, 0.6) is 11.5 Å². The molecule has 2 saturated heterocycles. The van der Waals surface area contributed by atoms with E-state index in [1.165, 1.54) is 15.0 Å². The second-order valence-electron chi connectivity index (χ2n) is 13.1.